The number of halogens is 1. The van der Waals surface area contributed by atoms with Crippen molar-refractivity contribution in [1.29, 1.82) is 0 Å². The molecule has 0 saturated carbocycles. The number of nitrogens with one attached hydrogen (secondary N) is 1. The molecule has 1 aromatic carbocycles. The normalized spacial score (nSPS) is 14.4. The predicted octanol–water partition coefficient (Wildman–Crippen LogP) is 2.88. The molecule has 1 fully saturated rings. The molecule has 3 rings (SSSR count). The first kappa shape index (κ1) is 21.8. The molecular weight excluding hydrogens is 387 g/mol. The maximum atomic E-state index is 14.6. The van der Waals surface area contributed by atoms with E-state index in [1.54, 1.807) is 30.5 Å². The van der Waals surface area contributed by atoms with Gasteiger partial charge in [-0.3, -0.25) is 4.79 Å². The van der Waals surface area contributed by atoms with Crippen LogP contribution in [0.5, 0.6) is 11.5 Å². The molecule has 0 atom stereocenters. The molecule has 0 bridgehead atoms. The molecule has 1 aromatic heterocycles. The first-order valence-corrected chi connectivity index (χ1v) is 10.3. The number of pyridine rings is 1. The number of nitrogens with two attached hydrogens (primary N) is 1. The van der Waals surface area contributed by atoms with Crippen LogP contribution in [0.3, 0.4) is 0 Å². The summed E-state index contributed by atoms with van der Waals surface area (Å²) in [5.74, 6) is 0.0104. The molecule has 3 N–H and O–H groups in total. The van der Waals surface area contributed by atoms with Crippen LogP contribution in [0.25, 0.3) is 0 Å². The Hall–Kier alpha value is -2.87. The number of amides is 1. The molecule has 8 heteroatoms. The van der Waals surface area contributed by atoms with E-state index < -0.39 is 11.7 Å². The van der Waals surface area contributed by atoms with Crippen LogP contribution in [-0.4, -0.2) is 43.2 Å². The summed E-state index contributed by atoms with van der Waals surface area (Å²) in [5, 5.41) is 3.36. The van der Waals surface area contributed by atoms with E-state index >= 15 is 0 Å². The van der Waals surface area contributed by atoms with E-state index in [1.165, 1.54) is 0 Å². The zero-order chi connectivity index (χ0) is 21.5. The molecule has 0 radical (unpaired) electrons. The number of ether oxygens (including phenoxy) is 2. The molecule has 0 spiro atoms. The number of carbonyl (C=O) groups is 1. The van der Waals surface area contributed by atoms with Gasteiger partial charge < -0.3 is 25.4 Å². The summed E-state index contributed by atoms with van der Waals surface area (Å²) in [6.45, 7) is 6.60. The molecule has 0 unspecified atom stereocenters. The second kappa shape index (κ2) is 10.2. The average Bonchev–Trinajstić information content (AvgIpc) is 2.76. The van der Waals surface area contributed by atoms with Gasteiger partial charge in [-0.25, -0.2) is 4.98 Å². The number of carbonyl (C=O) groups excluding carboxylic acids is 1. The van der Waals surface area contributed by atoms with Crippen molar-refractivity contribution in [2.45, 2.75) is 39.3 Å². The maximum Gasteiger partial charge on any atom is 0.248 e. The number of rotatable bonds is 9. The fourth-order valence-corrected chi connectivity index (χ4v) is 3.68. The number of benzene rings is 1. The van der Waals surface area contributed by atoms with Gasteiger partial charge in [0.05, 0.1) is 13.2 Å². The summed E-state index contributed by atoms with van der Waals surface area (Å²) >= 11 is 0. The van der Waals surface area contributed by atoms with Gasteiger partial charge in [-0.1, -0.05) is 0 Å². The number of primary amides is 1. The third-order valence-corrected chi connectivity index (χ3v) is 5.09. The van der Waals surface area contributed by atoms with Crippen LogP contribution in [0, 0.1) is 5.82 Å². The van der Waals surface area contributed by atoms with Crippen LogP contribution in [0.15, 0.2) is 30.5 Å². The van der Waals surface area contributed by atoms with Crippen molar-refractivity contribution in [1.82, 2.24) is 10.3 Å². The summed E-state index contributed by atoms with van der Waals surface area (Å²) in [5.41, 5.74) is 6.71. The van der Waals surface area contributed by atoms with E-state index in [2.05, 4.69) is 15.2 Å². The minimum absolute atomic E-state index is 0.169. The van der Waals surface area contributed by atoms with Gasteiger partial charge in [-0.05, 0) is 69.6 Å². The fraction of sp³-hybridized carbons (Fsp3) is 0.455. The Labute approximate surface area is 176 Å². The maximum absolute atomic E-state index is 14.6. The van der Waals surface area contributed by atoms with Crippen molar-refractivity contribution in [2.75, 3.05) is 31.2 Å². The topological polar surface area (TPSA) is 89.7 Å². The van der Waals surface area contributed by atoms with Gasteiger partial charge in [0, 0.05) is 24.3 Å². The van der Waals surface area contributed by atoms with E-state index in [1.807, 2.05) is 13.8 Å². The van der Waals surface area contributed by atoms with Crippen molar-refractivity contribution in [3.63, 3.8) is 0 Å². The van der Waals surface area contributed by atoms with Gasteiger partial charge in [0.2, 0.25) is 11.7 Å². The van der Waals surface area contributed by atoms with Gasteiger partial charge >= 0.3 is 0 Å². The van der Waals surface area contributed by atoms with Crippen LogP contribution in [0.1, 0.15) is 42.6 Å². The van der Waals surface area contributed by atoms with E-state index in [0.29, 0.717) is 31.1 Å². The monoisotopic (exact) mass is 416 g/mol. The molecule has 30 heavy (non-hydrogen) atoms. The van der Waals surface area contributed by atoms with Gasteiger partial charge in [-0.15, -0.1) is 0 Å². The number of nitrogens with zero attached hydrogens (tertiary/aromatic N) is 2. The summed E-state index contributed by atoms with van der Waals surface area (Å²) < 4.78 is 25.6. The predicted molar refractivity (Wildman–Crippen MR) is 114 cm³/mol. The van der Waals surface area contributed by atoms with Gasteiger partial charge in [0.1, 0.15) is 5.82 Å². The average molecular weight is 416 g/mol. The molecule has 2 heterocycles. The number of anilines is 1. The van der Waals surface area contributed by atoms with Crippen molar-refractivity contribution < 1.29 is 18.7 Å². The molecular formula is C22H29FN4O3. The summed E-state index contributed by atoms with van der Waals surface area (Å²) in [6, 6.07) is 6.93. The van der Waals surface area contributed by atoms with Crippen molar-refractivity contribution in [2.24, 2.45) is 5.73 Å². The second-order valence-corrected chi connectivity index (χ2v) is 7.15. The highest BCUT2D eigenvalue weighted by atomic mass is 19.1. The van der Waals surface area contributed by atoms with E-state index in [0.717, 1.165) is 31.5 Å². The molecule has 1 aliphatic rings. The molecule has 162 valence electrons. The SMILES string of the molecule is CCOc1cc(CN(c2cc(C(N)=O)ccn2)C2CCNCC2)cc(OCC)c1F. The van der Waals surface area contributed by atoms with Crippen molar-refractivity contribution in [3.05, 3.63) is 47.4 Å². The van der Waals surface area contributed by atoms with Crippen LogP contribution in [-0.2, 0) is 6.54 Å². The lowest BCUT2D eigenvalue weighted by molar-refractivity contribution is 0.1000. The third-order valence-electron chi connectivity index (χ3n) is 5.09. The van der Waals surface area contributed by atoms with Crippen molar-refractivity contribution >= 4 is 11.7 Å². The highest BCUT2D eigenvalue weighted by Crippen LogP contribution is 2.31. The highest BCUT2D eigenvalue weighted by Gasteiger charge is 2.24. The smallest absolute Gasteiger partial charge is 0.248 e. The van der Waals surface area contributed by atoms with E-state index in [4.69, 9.17) is 15.2 Å². The summed E-state index contributed by atoms with van der Waals surface area (Å²) in [7, 11) is 0. The number of piperidine rings is 1. The Morgan fingerprint density at radius 3 is 2.40 bits per heavy atom. The zero-order valence-electron chi connectivity index (χ0n) is 17.5. The van der Waals surface area contributed by atoms with Gasteiger partial charge in [0.15, 0.2) is 11.5 Å². The van der Waals surface area contributed by atoms with Gasteiger partial charge in [0.25, 0.3) is 0 Å². The Morgan fingerprint density at radius 1 is 1.20 bits per heavy atom. The third kappa shape index (κ3) is 5.18. The number of aromatic nitrogens is 1. The first-order chi connectivity index (χ1) is 14.5. The van der Waals surface area contributed by atoms with E-state index in [9.17, 15) is 9.18 Å². The summed E-state index contributed by atoms with van der Waals surface area (Å²) in [6.07, 6.45) is 3.45. The first-order valence-electron chi connectivity index (χ1n) is 10.3. The lowest BCUT2D eigenvalue weighted by Crippen LogP contribution is -2.43. The lowest BCUT2D eigenvalue weighted by atomic mass is 10.0. The summed E-state index contributed by atoms with van der Waals surface area (Å²) in [4.78, 5) is 18.3. The zero-order valence-corrected chi connectivity index (χ0v) is 17.5. The quantitative estimate of drug-likeness (QED) is 0.653. The second-order valence-electron chi connectivity index (χ2n) is 7.15. The highest BCUT2D eigenvalue weighted by molar-refractivity contribution is 5.93. The van der Waals surface area contributed by atoms with Crippen LogP contribution in [0.2, 0.25) is 0 Å². The Bertz CT molecular complexity index is 844. The van der Waals surface area contributed by atoms with Crippen LogP contribution >= 0.6 is 0 Å². The standard InChI is InChI=1S/C22H29FN4O3/c1-3-29-18-11-15(12-19(21(18)23)30-4-2)14-27(17-6-8-25-9-7-17)20-13-16(22(24)28)5-10-26-20/h5,10-13,17,25H,3-4,6-9,14H2,1-2H3,(H2,24,28). The Balaban J connectivity index is 1.98. The molecule has 1 amide bonds. The minimum Gasteiger partial charge on any atom is -0.491 e. The molecule has 0 aliphatic carbocycles. The molecule has 1 saturated heterocycles. The van der Waals surface area contributed by atoms with Gasteiger partial charge in [-0.2, -0.15) is 4.39 Å². The van der Waals surface area contributed by atoms with Crippen molar-refractivity contribution in [3.8, 4) is 11.5 Å². The van der Waals surface area contributed by atoms with E-state index in [-0.39, 0.29) is 17.5 Å². The van der Waals surface area contributed by atoms with Crippen LogP contribution in [0.4, 0.5) is 10.2 Å². The fourth-order valence-electron chi connectivity index (χ4n) is 3.68. The number of hydrogen-bond acceptors (Lipinski definition) is 6. The Morgan fingerprint density at radius 2 is 1.83 bits per heavy atom. The largest absolute Gasteiger partial charge is 0.491 e. The van der Waals surface area contributed by atoms with Crippen LogP contribution < -0.4 is 25.4 Å². The molecule has 1 aliphatic heterocycles. The lowest BCUT2D eigenvalue weighted by Gasteiger charge is -2.36. The number of hydrogen-bond donors (Lipinski definition) is 2. The molecule has 2 aromatic rings. The minimum atomic E-state index is -0.497. The Kier molecular flexibility index (Phi) is 7.46. The molecule has 7 nitrogen and oxygen atoms in total.